The molecule has 0 aliphatic rings. The highest BCUT2D eigenvalue weighted by Gasteiger charge is 2.22. The zero-order valence-corrected chi connectivity index (χ0v) is 18.7. The second-order valence-corrected chi connectivity index (χ2v) is 8.67. The van der Waals surface area contributed by atoms with Crippen molar-refractivity contribution >= 4 is 17.1 Å². The minimum absolute atomic E-state index is 0.0433. The lowest BCUT2D eigenvalue weighted by atomic mass is 10.2. The molecule has 33 heavy (non-hydrogen) atoms. The number of rotatable bonds is 7. The summed E-state index contributed by atoms with van der Waals surface area (Å²) < 4.78 is 3.30. The first-order chi connectivity index (χ1) is 16.1. The van der Waals surface area contributed by atoms with Crippen LogP contribution < -0.4 is 5.69 Å². The van der Waals surface area contributed by atoms with Gasteiger partial charge >= 0.3 is 5.69 Å². The number of carbonyl (C=O) groups is 1. The van der Waals surface area contributed by atoms with Gasteiger partial charge in [0.15, 0.2) is 5.82 Å². The first-order valence-corrected chi connectivity index (χ1v) is 11.4. The second kappa shape index (κ2) is 8.84. The summed E-state index contributed by atoms with van der Waals surface area (Å²) in [4.78, 5) is 31.5. The Balaban J connectivity index is 1.50. The summed E-state index contributed by atoms with van der Waals surface area (Å²) in [5.41, 5.74) is 3.35. The van der Waals surface area contributed by atoms with Gasteiger partial charge in [-0.25, -0.2) is 14.9 Å². The Kier molecular flexibility index (Phi) is 5.58. The Morgan fingerprint density at radius 3 is 2.48 bits per heavy atom. The Morgan fingerprint density at radius 1 is 1.06 bits per heavy atom. The maximum atomic E-state index is 13.4. The van der Waals surface area contributed by atoms with Crippen LogP contribution in [-0.2, 0) is 13.0 Å². The molecule has 1 N–H and O–H groups in total. The van der Waals surface area contributed by atoms with Gasteiger partial charge in [-0.15, -0.1) is 11.3 Å². The van der Waals surface area contributed by atoms with E-state index in [1.165, 1.54) is 4.57 Å². The predicted octanol–water partition coefficient (Wildman–Crippen LogP) is 4.27. The molecule has 0 aliphatic heterocycles. The molecule has 0 unspecified atom stereocenters. The van der Waals surface area contributed by atoms with Gasteiger partial charge in [0.2, 0.25) is 5.78 Å². The molecule has 3 aromatic heterocycles. The zero-order chi connectivity index (χ0) is 22.8. The van der Waals surface area contributed by atoms with Gasteiger partial charge in [0.25, 0.3) is 0 Å². The van der Waals surface area contributed by atoms with Crippen molar-refractivity contribution in [2.45, 2.75) is 19.9 Å². The smallest absolute Gasteiger partial charge is 0.297 e. The summed E-state index contributed by atoms with van der Waals surface area (Å²) in [6.45, 7) is 2.37. The standard InChI is InChI=1S/C25H21N5O2S/c1-17-12-22(33-16-17)20-15-29(19-10-6-3-7-11-19)24(26-20)21(31)13-23-27-28-25(32)30(23)14-18-8-4-2-5-9-18/h2-12,15-16H,13-14H2,1H3,(H,28,32). The molecule has 0 amide bonds. The van der Waals surface area contributed by atoms with E-state index in [2.05, 4.69) is 26.6 Å². The molecular weight excluding hydrogens is 434 g/mol. The number of nitrogens with zero attached hydrogens (tertiary/aromatic N) is 4. The van der Waals surface area contributed by atoms with Crippen LogP contribution in [0.15, 0.2) is 83.1 Å². The molecule has 0 saturated heterocycles. The minimum Gasteiger partial charge on any atom is -0.297 e. The van der Waals surface area contributed by atoms with Crippen molar-refractivity contribution in [3.63, 3.8) is 0 Å². The van der Waals surface area contributed by atoms with Crippen LogP contribution in [0.2, 0.25) is 0 Å². The molecule has 164 valence electrons. The molecule has 0 spiro atoms. The van der Waals surface area contributed by atoms with E-state index >= 15 is 0 Å². The van der Waals surface area contributed by atoms with Crippen LogP contribution in [0.25, 0.3) is 16.3 Å². The number of ketones is 1. The van der Waals surface area contributed by atoms with E-state index < -0.39 is 0 Å². The van der Waals surface area contributed by atoms with Crippen LogP contribution in [-0.4, -0.2) is 30.1 Å². The van der Waals surface area contributed by atoms with Crippen LogP contribution in [0.3, 0.4) is 0 Å². The number of aromatic amines is 1. The van der Waals surface area contributed by atoms with Crippen LogP contribution >= 0.6 is 11.3 Å². The Hall–Kier alpha value is -4.04. The number of Topliss-reactive ketones (excluding diaryl/α,β-unsaturated/α-hetero) is 1. The molecule has 0 aliphatic carbocycles. The Labute approximate surface area is 194 Å². The van der Waals surface area contributed by atoms with E-state index in [4.69, 9.17) is 0 Å². The first-order valence-electron chi connectivity index (χ1n) is 10.5. The number of nitrogens with one attached hydrogen (secondary N) is 1. The number of hydrogen-bond acceptors (Lipinski definition) is 5. The van der Waals surface area contributed by atoms with E-state index in [0.717, 1.165) is 27.4 Å². The average Bonchev–Trinajstić information content (AvgIpc) is 3.55. The van der Waals surface area contributed by atoms with Crippen LogP contribution in [0.1, 0.15) is 27.6 Å². The molecule has 3 heterocycles. The van der Waals surface area contributed by atoms with Crippen LogP contribution in [0, 0.1) is 6.92 Å². The number of thiophene rings is 1. The molecule has 5 aromatic rings. The molecule has 0 saturated carbocycles. The van der Waals surface area contributed by atoms with Crippen molar-refractivity contribution in [2.75, 3.05) is 0 Å². The van der Waals surface area contributed by atoms with Gasteiger partial charge in [-0.05, 0) is 41.6 Å². The highest BCUT2D eigenvalue weighted by atomic mass is 32.1. The van der Waals surface area contributed by atoms with E-state index in [1.54, 1.807) is 15.9 Å². The fourth-order valence-electron chi connectivity index (χ4n) is 3.68. The first kappa shape index (κ1) is 20.8. The summed E-state index contributed by atoms with van der Waals surface area (Å²) in [5.74, 6) is 0.473. The number of H-pyrrole nitrogens is 1. The number of carbonyl (C=O) groups excluding carboxylic acids is 1. The Bertz CT molecular complexity index is 1460. The number of aromatic nitrogens is 5. The summed E-state index contributed by atoms with van der Waals surface area (Å²) in [6, 6.07) is 21.3. The lowest BCUT2D eigenvalue weighted by molar-refractivity contribution is 0.0978. The van der Waals surface area contributed by atoms with Crippen molar-refractivity contribution in [3.8, 4) is 16.3 Å². The molecular formula is C25H21N5O2S. The van der Waals surface area contributed by atoms with Crippen LogP contribution in [0.4, 0.5) is 0 Å². The quantitative estimate of drug-likeness (QED) is 0.372. The monoisotopic (exact) mass is 455 g/mol. The van der Waals surface area contributed by atoms with Crippen LogP contribution in [0.5, 0.6) is 0 Å². The molecule has 5 rings (SSSR count). The minimum atomic E-state index is -0.345. The zero-order valence-electron chi connectivity index (χ0n) is 17.9. The number of aryl methyl sites for hydroxylation is 1. The molecule has 0 atom stereocenters. The van der Waals surface area contributed by atoms with E-state index in [-0.39, 0.29) is 17.9 Å². The maximum Gasteiger partial charge on any atom is 0.343 e. The molecule has 8 heteroatoms. The van der Waals surface area contributed by atoms with Crippen molar-refractivity contribution in [1.29, 1.82) is 0 Å². The molecule has 2 aromatic carbocycles. The number of benzene rings is 2. The number of para-hydroxylation sites is 1. The highest BCUT2D eigenvalue weighted by molar-refractivity contribution is 7.13. The van der Waals surface area contributed by atoms with Crippen molar-refractivity contribution < 1.29 is 4.79 Å². The van der Waals surface area contributed by atoms with E-state index in [1.807, 2.05) is 73.8 Å². The fourth-order valence-corrected chi connectivity index (χ4v) is 4.54. The van der Waals surface area contributed by atoms with Crippen molar-refractivity contribution in [3.05, 3.63) is 112 Å². The predicted molar refractivity (Wildman–Crippen MR) is 128 cm³/mol. The van der Waals surface area contributed by atoms with Gasteiger partial charge in [-0.2, -0.15) is 5.10 Å². The summed E-state index contributed by atoms with van der Waals surface area (Å²) in [6.07, 6.45) is 1.84. The normalized spacial score (nSPS) is 11.1. The summed E-state index contributed by atoms with van der Waals surface area (Å²) in [7, 11) is 0. The molecule has 0 radical (unpaired) electrons. The lowest BCUT2D eigenvalue weighted by Gasteiger charge is -2.08. The maximum absolute atomic E-state index is 13.4. The van der Waals surface area contributed by atoms with Gasteiger partial charge in [-0.3, -0.25) is 13.9 Å². The largest absolute Gasteiger partial charge is 0.343 e. The SMILES string of the molecule is Cc1csc(-c2cn(-c3ccccc3)c(C(=O)Cc3n[nH]c(=O)n3Cc3ccccc3)n2)c1. The van der Waals surface area contributed by atoms with Crippen molar-refractivity contribution in [1.82, 2.24) is 24.3 Å². The van der Waals surface area contributed by atoms with Gasteiger partial charge in [-0.1, -0.05) is 48.5 Å². The van der Waals surface area contributed by atoms with Gasteiger partial charge in [0.05, 0.1) is 23.5 Å². The number of hydrogen-bond donors (Lipinski definition) is 1. The Morgan fingerprint density at radius 2 is 1.79 bits per heavy atom. The van der Waals surface area contributed by atoms with E-state index in [0.29, 0.717) is 18.2 Å². The molecule has 7 nitrogen and oxygen atoms in total. The van der Waals surface area contributed by atoms with E-state index in [9.17, 15) is 9.59 Å². The third kappa shape index (κ3) is 4.33. The van der Waals surface area contributed by atoms with Gasteiger partial charge < -0.3 is 0 Å². The van der Waals surface area contributed by atoms with Gasteiger partial charge in [0, 0.05) is 11.9 Å². The van der Waals surface area contributed by atoms with Crippen molar-refractivity contribution in [2.24, 2.45) is 0 Å². The third-order valence-corrected chi connectivity index (χ3v) is 6.38. The third-order valence-electron chi connectivity index (χ3n) is 5.31. The average molecular weight is 456 g/mol. The topological polar surface area (TPSA) is 85.6 Å². The molecule has 0 fully saturated rings. The summed E-state index contributed by atoms with van der Waals surface area (Å²) in [5, 5.41) is 8.65. The highest BCUT2D eigenvalue weighted by Crippen LogP contribution is 2.28. The van der Waals surface area contributed by atoms with Gasteiger partial charge in [0.1, 0.15) is 5.82 Å². The molecule has 0 bridgehead atoms. The fraction of sp³-hybridized carbons (Fsp3) is 0.120. The second-order valence-electron chi connectivity index (χ2n) is 7.76. The lowest BCUT2D eigenvalue weighted by Crippen LogP contribution is -2.22. The number of imidazole rings is 1. The summed E-state index contributed by atoms with van der Waals surface area (Å²) >= 11 is 1.59.